The van der Waals surface area contributed by atoms with Crippen molar-refractivity contribution in [3.8, 4) is 0 Å². The third-order valence-electron chi connectivity index (χ3n) is 4.73. The summed E-state index contributed by atoms with van der Waals surface area (Å²) in [6.45, 7) is 6.69. The van der Waals surface area contributed by atoms with E-state index < -0.39 is 34.1 Å². The van der Waals surface area contributed by atoms with E-state index in [9.17, 15) is 18.0 Å². The molecule has 0 radical (unpaired) electrons. The van der Waals surface area contributed by atoms with Crippen molar-refractivity contribution in [3.05, 3.63) is 64.1 Å². The number of benzene rings is 2. The highest BCUT2D eigenvalue weighted by Gasteiger charge is 2.31. The molecule has 0 heterocycles. The number of carbonyl (C=O) groups is 2. The van der Waals surface area contributed by atoms with Gasteiger partial charge in [-0.2, -0.15) is 0 Å². The van der Waals surface area contributed by atoms with E-state index in [1.807, 2.05) is 20.8 Å². The maximum absolute atomic E-state index is 13.4. The van der Waals surface area contributed by atoms with Gasteiger partial charge in [0, 0.05) is 12.1 Å². The van der Waals surface area contributed by atoms with E-state index in [0.29, 0.717) is 21.3 Å². The zero-order chi connectivity index (χ0) is 25.0. The van der Waals surface area contributed by atoms with Crippen LogP contribution in [0.2, 0.25) is 10.0 Å². The van der Waals surface area contributed by atoms with Gasteiger partial charge in [-0.05, 0) is 57.5 Å². The van der Waals surface area contributed by atoms with Crippen LogP contribution in [0, 0.1) is 0 Å². The van der Waals surface area contributed by atoms with Gasteiger partial charge in [-0.25, -0.2) is 8.42 Å². The predicted octanol–water partition coefficient (Wildman–Crippen LogP) is 4.09. The highest BCUT2D eigenvalue weighted by atomic mass is 35.5. The quantitative estimate of drug-likeness (QED) is 0.575. The fraction of sp³-hybridized carbons (Fsp3) is 0.391. The average Bonchev–Trinajstić information content (AvgIpc) is 2.70. The van der Waals surface area contributed by atoms with Crippen LogP contribution in [-0.4, -0.2) is 49.5 Å². The first-order chi connectivity index (χ1) is 15.2. The van der Waals surface area contributed by atoms with E-state index in [1.165, 1.54) is 4.90 Å². The summed E-state index contributed by atoms with van der Waals surface area (Å²) in [5, 5.41) is 3.54. The number of halogens is 2. The Bertz CT molecular complexity index is 1100. The molecule has 0 aliphatic heterocycles. The lowest BCUT2D eigenvalue weighted by atomic mass is 10.1. The molecule has 0 bridgehead atoms. The Morgan fingerprint density at radius 1 is 1.03 bits per heavy atom. The number of hydrogen-bond acceptors (Lipinski definition) is 4. The summed E-state index contributed by atoms with van der Waals surface area (Å²) in [6, 6.07) is 12.4. The molecule has 180 valence electrons. The van der Waals surface area contributed by atoms with Gasteiger partial charge in [0.1, 0.15) is 12.6 Å². The molecule has 0 saturated heterocycles. The normalized spacial score (nSPS) is 12.7. The lowest BCUT2D eigenvalue weighted by molar-refractivity contribution is -0.140. The number of nitrogens with zero attached hydrogens (tertiary/aromatic N) is 2. The summed E-state index contributed by atoms with van der Waals surface area (Å²) in [4.78, 5) is 27.6. The lowest BCUT2D eigenvalue weighted by Gasteiger charge is -2.33. The minimum atomic E-state index is -3.76. The molecule has 10 heteroatoms. The Balaban J connectivity index is 2.40. The standard InChI is InChI=1S/C23H29Cl2N3O4S/c1-16(22(30)26-23(2,3)4)27(14-17-11-12-19(24)20(25)13-17)21(29)15-28(33(5,31)32)18-9-7-6-8-10-18/h6-13,16H,14-15H2,1-5H3,(H,26,30)/t16-/m0/s1. The lowest BCUT2D eigenvalue weighted by Crippen LogP contribution is -2.54. The van der Waals surface area contributed by atoms with E-state index in [-0.39, 0.29) is 12.5 Å². The molecule has 0 saturated carbocycles. The Labute approximate surface area is 205 Å². The molecule has 2 aromatic rings. The summed E-state index contributed by atoms with van der Waals surface area (Å²) in [7, 11) is -3.76. The summed E-state index contributed by atoms with van der Waals surface area (Å²) < 4.78 is 26.0. The molecule has 0 unspecified atom stereocenters. The van der Waals surface area contributed by atoms with Crippen LogP contribution < -0.4 is 9.62 Å². The van der Waals surface area contributed by atoms with E-state index in [0.717, 1.165) is 10.6 Å². The van der Waals surface area contributed by atoms with Gasteiger partial charge in [0.2, 0.25) is 21.8 Å². The molecule has 1 atom stereocenters. The van der Waals surface area contributed by atoms with Crippen molar-refractivity contribution < 1.29 is 18.0 Å². The zero-order valence-electron chi connectivity index (χ0n) is 19.3. The Kier molecular flexibility index (Phi) is 8.79. The van der Waals surface area contributed by atoms with E-state index >= 15 is 0 Å². The summed E-state index contributed by atoms with van der Waals surface area (Å²) in [6.07, 6.45) is 1.03. The fourth-order valence-electron chi connectivity index (χ4n) is 3.10. The topological polar surface area (TPSA) is 86.8 Å². The van der Waals surface area contributed by atoms with Crippen LogP contribution in [0.5, 0.6) is 0 Å². The SMILES string of the molecule is C[C@@H](C(=O)NC(C)(C)C)N(Cc1ccc(Cl)c(Cl)c1)C(=O)CN(c1ccccc1)S(C)(=O)=O. The maximum atomic E-state index is 13.4. The summed E-state index contributed by atoms with van der Waals surface area (Å²) in [5.74, 6) is -0.895. The van der Waals surface area contributed by atoms with Gasteiger partial charge in [-0.3, -0.25) is 13.9 Å². The second-order valence-corrected chi connectivity index (χ2v) is 11.5. The van der Waals surface area contributed by atoms with Crippen LogP contribution in [-0.2, 0) is 26.2 Å². The molecule has 2 amide bonds. The zero-order valence-corrected chi connectivity index (χ0v) is 21.6. The molecular formula is C23H29Cl2N3O4S. The number of anilines is 1. The van der Waals surface area contributed by atoms with Crippen molar-refractivity contribution in [2.45, 2.75) is 45.8 Å². The van der Waals surface area contributed by atoms with Gasteiger partial charge in [-0.15, -0.1) is 0 Å². The number of para-hydroxylation sites is 1. The second-order valence-electron chi connectivity index (χ2n) is 8.79. The van der Waals surface area contributed by atoms with Crippen molar-refractivity contribution in [1.82, 2.24) is 10.2 Å². The molecule has 1 N–H and O–H groups in total. The summed E-state index contributed by atoms with van der Waals surface area (Å²) in [5.41, 5.74) is 0.500. The number of hydrogen-bond donors (Lipinski definition) is 1. The molecule has 0 aromatic heterocycles. The van der Waals surface area contributed by atoms with Crippen LogP contribution in [0.3, 0.4) is 0 Å². The number of rotatable bonds is 8. The van der Waals surface area contributed by atoms with E-state index in [1.54, 1.807) is 55.5 Å². The fourth-order valence-corrected chi connectivity index (χ4v) is 4.27. The molecule has 0 aliphatic rings. The van der Waals surface area contributed by atoms with Crippen LogP contribution in [0.15, 0.2) is 48.5 Å². The molecule has 2 rings (SSSR count). The van der Waals surface area contributed by atoms with Crippen molar-refractivity contribution in [2.24, 2.45) is 0 Å². The molecular weight excluding hydrogens is 485 g/mol. The number of sulfonamides is 1. The first kappa shape index (κ1) is 27.0. The van der Waals surface area contributed by atoms with Gasteiger partial charge >= 0.3 is 0 Å². The molecule has 0 aliphatic carbocycles. The molecule has 0 fully saturated rings. The van der Waals surface area contributed by atoms with Gasteiger partial charge in [0.15, 0.2) is 0 Å². The number of carbonyl (C=O) groups excluding carboxylic acids is 2. The Hall–Kier alpha value is -2.29. The summed E-state index contributed by atoms with van der Waals surface area (Å²) >= 11 is 12.1. The van der Waals surface area contributed by atoms with Gasteiger partial charge < -0.3 is 10.2 Å². The third-order valence-corrected chi connectivity index (χ3v) is 6.61. The molecule has 7 nitrogen and oxygen atoms in total. The average molecular weight is 514 g/mol. The van der Waals surface area contributed by atoms with Crippen molar-refractivity contribution in [1.29, 1.82) is 0 Å². The Morgan fingerprint density at radius 2 is 1.64 bits per heavy atom. The Morgan fingerprint density at radius 3 is 2.15 bits per heavy atom. The van der Waals surface area contributed by atoms with Crippen molar-refractivity contribution in [2.75, 3.05) is 17.1 Å². The van der Waals surface area contributed by atoms with Crippen molar-refractivity contribution in [3.63, 3.8) is 0 Å². The smallest absolute Gasteiger partial charge is 0.244 e. The van der Waals surface area contributed by atoms with Crippen LogP contribution in [0.4, 0.5) is 5.69 Å². The van der Waals surface area contributed by atoms with Gasteiger partial charge in [0.05, 0.1) is 22.0 Å². The first-order valence-electron chi connectivity index (χ1n) is 10.3. The largest absolute Gasteiger partial charge is 0.350 e. The number of amides is 2. The molecule has 0 spiro atoms. The van der Waals surface area contributed by atoms with E-state index in [2.05, 4.69) is 5.32 Å². The monoisotopic (exact) mass is 513 g/mol. The highest BCUT2D eigenvalue weighted by Crippen LogP contribution is 2.24. The minimum absolute atomic E-state index is 0.0425. The van der Waals surface area contributed by atoms with Crippen LogP contribution in [0.25, 0.3) is 0 Å². The van der Waals surface area contributed by atoms with Gasteiger partial charge in [-0.1, -0.05) is 47.5 Å². The second kappa shape index (κ2) is 10.8. The maximum Gasteiger partial charge on any atom is 0.244 e. The van der Waals surface area contributed by atoms with E-state index in [4.69, 9.17) is 23.2 Å². The molecule has 2 aromatic carbocycles. The number of nitrogens with one attached hydrogen (secondary N) is 1. The minimum Gasteiger partial charge on any atom is -0.350 e. The van der Waals surface area contributed by atoms with Crippen LogP contribution in [0.1, 0.15) is 33.3 Å². The van der Waals surface area contributed by atoms with Crippen LogP contribution >= 0.6 is 23.2 Å². The molecule has 33 heavy (non-hydrogen) atoms. The van der Waals surface area contributed by atoms with Gasteiger partial charge in [0.25, 0.3) is 0 Å². The predicted molar refractivity (Wildman–Crippen MR) is 133 cm³/mol. The first-order valence-corrected chi connectivity index (χ1v) is 12.9. The van der Waals surface area contributed by atoms with Crippen molar-refractivity contribution >= 4 is 50.7 Å². The highest BCUT2D eigenvalue weighted by molar-refractivity contribution is 7.92. The third kappa shape index (κ3) is 7.91.